The highest BCUT2D eigenvalue weighted by Crippen LogP contribution is 2.14. The van der Waals surface area contributed by atoms with Crippen molar-refractivity contribution >= 4 is 23.4 Å². The summed E-state index contributed by atoms with van der Waals surface area (Å²) in [5, 5.41) is 0. The first-order valence-corrected chi connectivity index (χ1v) is 3.94. The van der Waals surface area contributed by atoms with Crippen molar-refractivity contribution in [3.63, 3.8) is 0 Å². The van der Waals surface area contributed by atoms with Crippen LogP contribution in [0.2, 0.25) is 0 Å². The van der Waals surface area contributed by atoms with Crippen LogP contribution in [0.1, 0.15) is 0 Å². The van der Waals surface area contributed by atoms with Gasteiger partial charge in [-0.15, -0.1) is 0 Å². The molecule has 4 heteroatoms. The highest BCUT2D eigenvalue weighted by molar-refractivity contribution is 5.81. The van der Waals surface area contributed by atoms with E-state index in [1.165, 1.54) is 4.90 Å². The summed E-state index contributed by atoms with van der Waals surface area (Å²) in [5.74, 6) is 0.566. The van der Waals surface area contributed by atoms with Gasteiger partial charge in [-0.2, -0.15) is 0 Å². The molecule has 2 aromatic rings. The van der Waals surface area contributed by atoms with Crippen LogP contribution in [0.3, 0.4) is 0 Å². The first-order chi connectivity index (χ1) is 6.31. The largest absolute Gasteiger partial charge is 0.324 e. The van der Waals surface area contributed by atoms with Gasteiger partial charge in [0.2, 0.25) is 12.4 Å². The Kier molecular flexibility index (Phi) is 1.73. The minimum absolute atomic E-state index is 0.566. The molecule has 1 N–H and O–H groups in total. The zero-order chi connectivity index (χ0) is 9.26. The van der Waals surface area contributed by atoms with Crippen molar-refractivity contribution in [3.8, 4) is 0 Å². The molecule has 13 heavy (non-hydrogen) atoms. The van der Waals surface area contributed by atoms with E-state index in [1.54, 1.807) is 7.05 Å². The van der Waals surface area contributed by atoms with Crippen LogP contribution in [0.5, 0.6) is 0 Å². The van der Waals surface area contributed by atoms with Crippen molar-refractivity contribution in [2.75, 3.05) is 11.9 Å². The number of fused-ring (bicyclic) bond motifs is 1. The van der Waals surface area contributed by atoms with Gasteiger partial charge in [0.1, 0.15) is 0 Å². The molecular formula is C9H9N3O. The van der Waals surface area contributed by atoms with Crippen LogP contribution in [0.15, 0.2) is 24.3 Å². The Balaban J connectivity index is 2.55. The van der Waals surface area contributed by atoms with Crippen molar-refractivity contribution in [2.45, 2.75) is 0 Å². The molecule has 0 aliphatic heterocycles. The number of nitrogens with zero attached hydrogens (tertiary/aromatic N) is 2. The van der Waals surface area contributed by atoms with Gasteiger partial charge in [0, 0.05) is 7.05 Å². The fraction of sp³-hybridized carbons (Fsp3) is 0.111. The normalized spacial score (nSPS) is 10.2. The topological polar surface area (TPSA) is 49.0 Å². The summed E-state index contributed by atoms with van der Waals surface area (Å²) in [6.07, 6.45) is 0.720. The lowest BCUT2D eigenvalue weighted by Gasteiger charge is -2.03. The average molecular weight is 175 g/mol. The second-order valence-corrected chi connectivity index (χ2v) is 2.79. The number of H-pyrrole nitrogens is 1. The van der Waals surface area contributed by atoms with Crippen LogP contribution >= 0.6 is 0 Å². The van der Waals surface area contributed by atoms with Crippen molar-refractivity contribution in [3.05, 3.63) is 24.3 Å². The zero-order valence-corrected chi connectivity index (χ0v) is 7.19. The Morgan fingerprint density at radius 3 is 2.92 bits per heavy atom. The highest BCUT2D eigenvalue weighted by Gasteiger charge is 2.04. The molecule has 0 aliphatic rings. The van der Waals surface area contributed by atoms with Gasteiger partial charge in [-0.1, -0.05) is 12.1 Å². The second-order valence-electron chi connectivity index (χ2n) is 2.79. The van der Waals surface area contributed by atoms with E-state index in [4.69, 9.17) is 0 Å². The quantitative estimate of drug-likeness (QED) is 0.696. The van der Waals surface area contributed by atoms with Gasteiger partial charge in [-0.05, 0) is 12.1 Å². The van der Waals surface area contributed by atoms with Crippen LogP contribution in [-0.4, -0.2) is 23.4 Å². The number of nitrogens with one attached hydrogen (secondary N) is 1. The number of amides is 1. The molecule has 0 saturated carbocycles. The molecule has 0 unspecified atom stereocenters. The Morgan fingerprint density at radius 1 is 1.46 bits per heavy atom. The predicted molar refractivity (Wildman–Crippen MR) is 50.6 cm³/mol. The molecule has 0 saturated heterocycles. The monoisotopic (exact) mass is 175 g/mol. The molecule has 4 nitrogen and oxygen atoms in total. The summed E-state index contributed by atoms with van der Waals surface area (Å²) in [5.41, 5.74) is 1.80. The maximum absolute atomic E-state index is 10.4. The smallest absolute Gasteiger partial charge is 0.216 e. The van der Waals surface area contributed by atoms with E-state index in [0.29, 0.717) is 5.95 Å². The summed E-state index contributed by atoms with van der Waals surface area (Å²) in [4.78, 5) is 19.1. The Labute approximate surface area is 75.2 Å². The van der Waals surface area contributed by atoms with Gasteiger partial charge in [0.15, 0.2) is 0 Å². The molecular weight excluding hydrogens is 166 g/mol. The number of para-hydroxylation sites is 2. The molecule has 0 bridgehead atoms. The molecule has 66 valence electrons. The van der Waals surface area contributed by atoms with E-state index >= 15 is 0 Å². The third kappa shape index (κ3) is 1.26. The molecule has 0 spiro atoms. The molecule has 1 aromatic carbocycles. The number of hydrogen-bond donors (Lipinski definition) is 1. The van der Waals surface area contributed by atoms with E-state index in [9.17, 15) is 4.79 Å². The first kappa shape index (κ1) is 7.79. The van der Waals surface area contributed by atoms with E-state index in [0.717, 1.165) is 17.4 Å². The first-order valence-electron chi connectivity index (χ1n) is 3.94. The van der Waals surface area contributed by atoms with Gasteiger partial charge >= 0.3 is 0 Å². The van der Waals surface area contributed by atoms with E-state index < -0.39 is 0 Å². The van der Waals surface area contributed by atoms with Crippen molar-refractivity contribution in [1.82, 2.24) is 9.97 Å². The number of anilines is 1. The summed E-state index contributed by atoms with van der Waals surface area (Å²) in [6.45, 7) is 0. The van der Waals surface area contributed by atoms with Gasteiger partial charge in [-0.3, -0.25) is 9.69 Å². The van der Waals surface area contributed by atoms with Crippen molar-refractivity contribution < 1.29 is 4.79 Å². The lowest BCUT2D eigenvalue weighted by atomic mass is 10.3. The number of aromatic amines is 1. The molecule has 2 rings (SSSR count). The number of imidazole rings is 1. The van der Waals surface area contributed by atoms with Gasteiger partial charge < -0.3 is 4.98 Å². The maximum atomic E-state index is 10.4. The molecule has 0 radical (unpaired) electrons. The lowest BCUT2D eigenvalue weighted by molar-refractivity contribution is -0.107. The molecule has 0 fully saturated rings. The Bertz CT molecular complexity index is 402. The SMILES string of the molecule is CN(C=O)c1nc2ccccc2[nH]1. The summed E-state index contributed by atoms with van der Waals surface area (Å²) < 4.78 is 0. The number of rotatable bonds is 2. The number of aromatic nitrogens is 2. The van der Waals surface area contributed by atoms with E-state index in [-0.39, 0.29) is 0 Å². The van der Waals surface area contributed by atoms with E-state index in [1.807, 2.05) is 24.3 Å². The summed E-state index contributed by atoms with van der Waals surface area (Å²) in [7, 11) is 1.66. The third-order valence-electron chi connectivity index (χ3n) is 1.87. The number of benzene rings is 1. The summed E-state index contributed by atoms with van der Waals surface area (Å²) in [6, 6.07) is 7.65. The predicted octanol–water partition coefficient (Wildman–Crippen LogP) is 1.16. The Morgan fingerprint density at radius 2 is 2.23 bits per heavy atom. The maximum Gasteiger partial charge on any atom is 0.216 e. The molecule has 1 aromatic heterocycles. The van der Waals surface area contributed by atoms with Crippen LogP contribution in [0.25, 0.3) is 11.0 Å². The zero-order valence-electron chi connectivity index (χ0n) is 7.19. The van der Waals surface area contributed by atoms with Gasteiger partial charge in [0.25, 0.3) is 0 Å². The number of carbonyl (C=O) groups excluding carboxylic acids is 1. The Hall–Kier alpha value is -1.84. The molecule has 1 amide bonds. The number of hydrogen-bond acceptors (Lipinski definition) is 2. The average Bonchev–Trinajstić information content (AvgIpc) is 2.59. The molecule has 1 heterocycles. The highest BCUT2D eigenvalue weighted by atomic mass is 16.1. The van der Waals surface area contributed by atoms with Crippen LogP contribution in [-0.2, 0) is 4.79 Å². The fourth-order valence-electron chi connectivity index (χ4n) is 1.16. The van der Waals surface area contributed by atoms with E-state index in [2.05, 4.69) is 9.97 Å². The van der Waals surface area contributed by atoms with Crippen LogP contribution < -0.4 is 4.90 Å². The van der Waals surface area contributed by atoms with Gasteiger partial charge in [-0.25, -0.2) is 4.98 Å². The van der Waals surface area contributed by atoms with Crippen molar-refractivity contribution in [2.24, 2.45) is 0 Å². The minimum Gasteiger partial charge on any atom is -0.324 e. The minimum atomic E-state index is 0.566. The third-order valence-corrected chi connectivity index (χ3v) is 1.87. The van der Waals surface area contributed by atoms with Crippen LogP contribution in [0, 0.1) is 0 Å². The standard InChI is InChI=1S/C9H9N3O/c1-12(6-13)9-10-7-4-2-3-5-8(7)11-9/h2-6H,1H3,(H,10,11). The molecule has 0 atom stereocenters. The van der Waals surface area contributed by atoms with Gasteiger partial charge in [0.05, 0.1) is 11.0 Å². The summed E-state index contributed by atoms with van der Waals surface area (Å²) >= 11 is 0. The second kappa shape index (κ2) is 2.90. The van der Waals surface area contributed by atoms with Crippen molar-refractivity contribution in [1.29, 1.82) is 0 Å². The van der Waals surface area contributed by atoms with Crippen LogP contribution in [0.4, 0.5) is 5.95 Å². The lowest BCUT2D eigenvalue weighted by Crippen LogP contribution is -2.14. The molecule has 0 aliphatic carbocycles. The fourth-order valence-corrected chi connectivity index (χ4v) is 1.16. The number of carbonyl (C=O) groups is 1.